The van der Waals surface area contributed by atoms with Gasteiger partial charge >= 0.3 is 5.69 Å². The summed E-state index contributed by atoms with van der Waals surface area (Å²) >= 11 is 0. The molecule has 3 N–H and O–H groups in total. The van der Waals surface area contributed by atoms with Gasteiger partial charge < -0.3 is 10.6 Å². The molecule has 0 aliphatic heterocycles. The molecule has 164 valence electrons. The Labute approximate surface area is 182 Å². The highest BCUT2D eigenvalue weighted by Crippen LogP contribution is 2.19. The van der Waals surface area contributed by atoms with Crippen LogP contribution >= 0.6 is 0 Å². The van der Waals surface area contributed by atoms with Crippen molar-refractivity contribution < 1.29 is 9.72 Å². The summed E-state index contributed by atoms with van der Waals surface area (Å²) in [6.45, 7) is 1.88. The first kappa shape index (κ1) is 22.2. The van der Waals surface area contributed by atoms with Gasteiger partial charge in [-0.25, -0.2) is 4.79 Å². The van der Waals surface area contributed by atoms with Crippen molar-refractivity contribution in [3.8, 4) is 0 Å². The lowest BCUT2D eigenvalue weighted by atomic mass is 10.2. The number of H-pyrrole nitrogens is 1. The predicted molar refractivity (Wildman–Crippen MR) is 121 cm³/mol. The van der Waals surface area contributed by atoms with Crippen LogP contribution in [0.4, 0.5) is 17.2 Å². The van der Waals surface area contributed by atoms with Crippen molar-refractivity contribution in [3.63, 3.8) is 0 Å². The van der Waals surface area contributed by atoms with E-state index < -0.39 is 22.1 Å². The SMILES string of the molecule is CCN(C(=O)/C=C/c1cccc([N+](=O)[O-])c1)c1c(N)n(Cc2ccccc2)c(=O)[nH]c1=O. The summed E-state index contributed by atoms with van der Waals surface area (Å²) in [5.41, 5.74) is 5.67. The molecule has 0 unspecified atom stereocenters. The Kier molecular flexibility index (Phi) is 6.64. The average Bonchev–Trinajstić information content (AvgIpc) is 2.78. The molecule has 0 spiro atoms. The van der Waals surface area contributed by atoms with Gasteiger partial charge in [-0.1, -0.05) is 42.5 Å². The first-order valence-electron chi connectivity index (χ1n) is 9.72. The van der Waals surface area contributed by atoms with Crippen LogP contribution in [0.2, 0.25) is 0 Å². The number of hydrogen-bond acceptors (Lipinski definition) is 6. The number of benzene rings is 2. The number of likely N-dealkylation sites (N-methyl/N-ethyl adjacent to an activating group) is 1. The third kappa shape index (κ3) is 4.81. The second-order valence-corrected chi connectivity index (χ2v) is 6.83. The molecular weight excluding hydrogens is 414 g/mol. The van der Waals surface area contributed by atoms with Gasteiger partial charge in [0.15, 0.2) is 5.69 Å². The zero-order valence-corrected chi connectivity index (χ0v) is 17.2. The number of nitro benzene ring substituents is 1. The molecule has 1 amide bonds. The zero-order chi connectivity index (χ0) is 23.3. The highest BCUT2D eigenvalue weighted by Gasteiger charge is 2.21. The first-order valence-corrected chi connectivity index (χ1v) is 9.72. The number of nitrogens with zero attached hydrogens (tertiary/aromatic N) is 3. The molecule has 0 radical (unpaired) electrons. The fourth-order valence-electron chi connectivity index (χ4n) is 3.18. The Hall–Kier alpha value is -4.47. The van der Waals surface area contributed by atoms with Crippen molar-refractivity contribution >= 4 is 29.2 Å². The lowest BCUT2D eigenvalue weighted by Crippen LogP contribution is -2.40. The van der Waals surface area contributed by atoms with Crippen molar-refractivity contribution in [2.75, 3.05) is 17.2 Å². The third-order valence-electron chi connectivity index (χ3n) is 4.75. The Balaban J connectivity index is 1.96. The van der Waals surface area contributed by atoms with Crippen LogP contribution in [-0.2, 0) is 11.3 Å². The van der Waals surface area contributed by atoms with E-state index in [1.807, 2.05) is 18.2 Å². The van der Waals surface area contributed by atoms with E-state index in [-0.39, 0.29) is 30.3 Å². The Morgan fingerprint density at radius 3 is 2.56 bits per heavy atom. The van der Waals surface area contributed by atoms with Crippen LogP contribution < -0.4 is 21.9 Å². The molecule has 0 saturated heterocycles. The predicted octanol–water partition coefficient (Wildman–Crippen LogP) is 2.14. The Bertz CT molecular complexity index is 1290. The van der Waals surface area contributed by atoms with Gasteiger partial charge in [0.2, 0.25) is 0 Å². The average molecular weight is 435 g/mol. The van der Waals surface area contributed by atoms with E-state index in [0.29, 0.717) is 5.56 Å². The van der Waals surface area contributed by atoms with Crippen molar-refractivity contribution in [2.24, 2.45) is 0 Å². The summed E-state index contributed by atoms with van der Waals surface area (Å²) in [5.74, 6) is -0.706. The van der Waals surface area contributed by atoms with Crippen LogP contribution in [0.3, 0.4) is 0 Å². The number of rotatable bonds is 7. The smallest absolute Gasteiger partial charge is 0.330 e. The molecule has 1 aromatic heterocycles. The van der Waals surface area contributed by atoms with Crippen molar-refractivity contribution in [1.29, 1.82) is 0 Å². The van der Waals surface area contributed by atoms with E-state index >= 15 is 0 Å². The van der Waals surface area contributed by atoms with Crippen LogP contribution in [0.15, 0.2) is 70.3 Å². The van der Waals surface area contributed by atoms with Crippen molar-refractivity contribution in [3.05, 3.63) is 103 Å². The number of carbonyl (C=O) groups excluding carboxylic acids is 1. The molecule has 10 nitrogen and oxygen atoms in total. The Morgan fingerprint density at radius 1 is 1.19 bits per heavy atom. The molecule has 3 rings (SSSR count). The largest absolute Gasteiger partial charge is 0.383 e. The zero-order valence-electron chi connectivity index (χ0n) is 17.2. The Morgan fingerprint density at radius 2 is 1.91 bits per heavy atom. The van der Waals surface area contributed by atoms with Crippen molar-refractivity contribution in [1.82, 2.24) is 9.55 Å². The number of aromatic amines is 1. The topological polar surface area (TPSA) is 144 Å². The highest BCUT2D eigenvalue weighted by atomic mass is 16.6. The summed E-state index contributed by atoms with van der Waals surface area (Å²) in [6, 6.07) is 14.8. The van der Waals surface area contributed by atoms with Crippen LogP contribution in [0, 0.1) is 10.1 Å². The summed E-state index contributed by atoms with van der Waals surface area (Å²) in [6.07, 6.45) is 2.59. The summed E-state index contributed by atoms with van der Waals surface area (Å²) < 4.78 is 1.19. The number of nitrogens with one attached hydrogen (secondary N) is 1. The standard InChI is InChI=1S/C22H21N5O5/c1-2-25(18(28)12-11-15-9-6-10-17(13-15)27(31)32)19-20(23)26(22(30)24-21(19)29)14-16-7-4-3-5-8-16/h3-13H,2,14,23H2,1H3,(H,24,29,30)/b12-11+. The van der Waals surface area contributed by atoms with Gasteiger partial charge in [0.1, 0.15) is 5.82 Å². The van der Waals surface area contributed by atoms with E-state index in [1.165, 1.54) is 34.9 Å². The minimum absolute atomic E-state index is 0.106. The highest BCUT2D eigenvalue weighted by molar-refractivity contribution is 6.05. The van der Waals surface area contributed by atoms with Gasteiger partial charge in [-0.3, -0.25) is 29.3 Å². The van der Waals surface area contributed by atoms with Crippen LogP contribution in [0.25, 0.3) is 6.08 Å². The number of aromatic nitrogens is 2. The molecule has 1 heterocycles. The van der Waals surface area contributed by atoms with Gasteiger partial charge in [-0.05, 0) is 24.1 Å². The number of nitrogens with two attached hydrogens (primary N) is 1. The molecule has 0 saturated carbocycles. The van der Waals surface area contributed by atoms with E-state index in [1.54, 1.807) is 25.1 Å². The van der Waals surface area contributed by atoms with Gasteiger partial charge in [0.25, 0.3) is 17.2 Å². The van der Waals surface area contributed by atoms with E-state index in [9.17, 15) is 24.5 Å². The van der Waals surface area contributed by atoms with E-state index in [2.05, 4.69) is 4.98 Å². The second kappa shape index (κ2) is 9.56. The number of hydrogen-bond donors (Lipinski definition) is 2. The first-order chi connectivity index (χ1) is 15.3. The molecular formula is C22H21N5O5. The van der Waals surface area contributed by atoms with Gasteiger partial charge in [-0.2, -0.15) is 0 Å². The monoisotopic (exact) mass is 435 g/mol. The number of amides is 1. The summed E-state index contributed by atoms with van der Waals surface area (Å²) in [7, 11) is 0. The molecule has 0 fully saturated rings. The lowest BCUT2D eigenvalue weighted by molar-refractivity contribution is -0.384. The second-order valence-electron chi connectivity index (χ2n) is 6.83. The van der Waals surface area contributed by atoms with E-state index in [4.69, 9.17) is 5.73 Å². The quantitative estimate of drug-likeness (QED) is 0.330. The summed E-state index contributed by atoms with van der Waals surface area (Å²) in [5, 5.41) is 10.9. The minimum Gasteiger partial charge on any atom is -0.383 e. The maximum Gasteiger partial charge on any atom is 0.330 e. The molecule has 0 aliphatic rings. The lowest BCUT2D eigenvalue weighted by Gasteiger charge is -2.22. The molecule has 3 aromatic rings. The third-order valence-corrected chi connectivity index (χ3v) is 4.75. The molecule has 10 heteroatoms. The molecule has 0 atom stereocenters. The fourth-order valence-corrected chi connectivity index (χ4v) is 3.18. The molecule has 0 bridgehead atoms. The minimum atomic E-state index is -0.782. The van der Waals surface area contributed by atoms with Gasteiger partial charge in [-0.15, -0.1) is 0 Å². The molecule has 0 aliphatic carbocycles. The number of non-ortho nitro benzene ring substituents is 1. The number of carbonyl (C=O) groups is 1. The normalized spacial score (nSPS) is 10.9. The van der Waals surface area contributed by atoms with Crippen LogP contribution in [0.1, 0.15) is 18.1 Å². The summed E-state index contributed by atoms with van der Waals surface area (Å²) in [4.78, 5) is 51.4. The molecule has 2 aromatic carbocycles. The number of anilines is 2. The van der Waals surface area contributed by atoms with Crippen LogP contribution in [0.5, 0.6) is 0 Å². The maximum absolute atomic E-state index is 12.8. The fraction of sp³-hybridized carbons (Fsp3) is 0.136. The van der Waals surface area contributed by atoms with Crippen LogP contribution in [-0.4, -0.2) is 26.9 Å². The number of nitro groups is 1. The maximum atomic E-state index is 12.8. The number of nitrogen functional groups attached to an aromatic ring is 1. The van der Waals surface area contributed by atoms with Crippen molar-refractivity contribution in [2.45, 2.75) is 13.5 Å². The van der Waals surface area contributed by atoms with Gasteiger partial charge in [0, 0.05) is 24.8 Å². The molecule has 32 heavy (non-hydrogen) atoms. The van der Waals surface area contributed by atoms with Gasteiger partial charge in [0.05, 0.1) is 11.5 Å². The van der Waals surface area contributed by atoms with E-state index in [0.717, 1.165) is 10.5 Å².